The molecule has 0 heterocycles. The van der Waals surface area contributed by atoms with Crippen LogP contribution in [0.15, 0.2) is 18.2 Å². The number of rotatable bonds is 17. The number of aliphatic hydroxyl groups excluding tert-OH is 2. The molecule has 9 nitrogen and oxygen atoms in total. The molecule has 248 valence electrons. The summed E-state index contributed by atoms with van der Waals surface area (Å²) < 4.78 is 23.1. The van der Waals surface area contributed by atoms with E-state index in [1.165, 1.54) is 0 Å². The fourth-order valence-electron chi connectivity index (χ4n) is 5.85. The highest BCUT2D eigenvalue weighted by Crippen LogP contribution is 2.46. The second-order valence-corrected chi connectivity index (χ2v) is 11.0. The van der Waals surface area contributed by atoms with Crippen molar-refractivity contribution >= 4 is 0 Å². The van der Waals surface area contributed by atoms with Gasteiger partial charge in [0.1, 0.15) is 17.2 Å². The van der Waals surface area contributed by atoms with Crippen LogP contribution in [0.3, 0.4) is 0 Å². The first kappa shape index (κ1) is 36.3. The van der Waals surface area contributed by atoms with Crippen molar-refractivity contribution in [1.29, 1.82) is 0 Å². The summed E-state index contributed by atoms with van der Waals surface area (Å²) in [6, 6.07) is 5.63. The smallest absolute Gasteiger partial charge is 0.126 e. The molecular weight excluding hydrogens is 576 g/mol. The summed E-state index contributed by atoms with van der Waals surface area (Å²) in [7, 11) is 0. The molecule has 0 amide bonds. The fraction of sp³-hybridized carbons (Fsp3) is 0.500. The maximum Gasteiger partial charge on any atom is 0.126 e. The van der Waals surface area contributed by atoms with Crippen LogP contribution in [0, 0.1) is 20.8 Å². The lowest BCUT2D eigenvalue weighted by Gasteiger charge is -2.30. The molecule has 0 aliphatic carbocycles. The molecule has 0 aromatic heterocycles. The number of phenols is 3. The van der Waals surface area contributed by atoms with Gasteiger partial charge in [-0.1, -0.05) is 0 Å². The summed E-state index contributed by atoms with van der Waals surface area (Å²) in [5.74, 6) is -0.442. The lowest BCUT2D eigenvalue weighted by atomic mass is 9.75. The predicted molar refractivity (Wildman–Crippen MR) is 173 cm³/mol. The molecule has 0 saturated heterocycles. The van der Waals surface area contributed by atoms with E-state index >= 15 is 0 Å². The highest BCUT2D eigenvalue weighted by Gasteiger charge is 2.30. The number of hydrogen-bond donors (Lipinski definition) is 5. The maximum absolute atomic E-state index is 11.4. The van der Waals surface area contributed by atoms with Crippen molar-refractivity contribution in [1.82, 2.24) is 0 Å². The summed E-state index contributed by atoms with van der Waals surface area (Å²) in [5.41, 5.74) is 7.78. The predicted octanol–water partition coefficient (Wildman–Crippen LogP) is 6.04. The van der Waals surface area contributed by atoms with Crippen molar-refractivity contribution < 1.29 is 44.5 Å². The van der Waals surface area contributed by atoms with Crippen LogP contribution in [0.4, 0.5) is 0 Å². The molecule has 0 spiro atoms. The largest absolute Gasteiger partial charge is 0.507 e. The zero-order chi connectivity index (χ0) is 33.3. The van der Waals surface area contributed by atoms with Gasteiger partial charge in [0.2, 0.25) is 0 Å². The van der Waals surface area contributed by atoms with E-state index in [0.29, 0.717) is 59.8 Å². The van der Waals surface area contributed by atoms with E-state index in [4.69, 9.17) is 18.9 Å². The molecule has 3 rings (SSSR count). The Morgan fingerprint density at radius 3 is 1.18 bits per heavy atom. The van der Waals surface area contributed by atoms with Crippen LogP contribution in [-0.4, -0.2) is 52.0 Å². The summed E-state index contributed by atoms with van der Waals surface area (Å²) in [5, 5.41) is 54.2. The zero-order valence-electron chi connectivity index (χ0n) is 27.7. The van der Waals surface area contributed by atoms with Crippen molar-refractivity contribution in [2.75, 3.05) is 26.4 Å². The Morgan fingerprint density at radius 2 is 0.822 bits per heavy atom. The average molecular weight is 627 g/mol. The van der Waals surface area contributed by atoms with Crippen molar-refractivity contribution in [3.8, 4) is 17.2 Å². The Labute approximate surface area is 267 Å². The average Bonchev–Trinajstić information content (AvgIpc) is 3.03. The molecule has 0 bridgehead atoms. The minimum absolute atomic E-state index is 0.114. The molecule has 3 aromatic carbocycles. The van der Waals surface area contributed by atoms with Crippen molar-refractivity contribution in [2.45, 2.75) is 94.0 Å². The molecular formula is C36H50O9. The van der Waals surface area contributed by atoms with E-state index in [2.05, 4.69) is 0 Å². The Kier molecular flexibility index (Phi) is 13.7. The molecule has 45 heavy (non-hydrogen) atoms. The lowest BCUT2D eigenvalue weighted by Crippen LogP contribution is -2.15. The molecule has 0 fully saturated rings. The second-order valence-electron chi connectivity index (χ2n) is 11.0. The molecule has 0 aliphatic rings. The molecule has 9 heteroatoms. The monoisotopic (exact) mass is 626 g/mol. The van der Waals surface area contributed by atoms with Gasteiger partial charge < -0.3 is 44.5 Å². The van der Waals surface area contributed by atoms with Crippen LogP contribution in [0.5, 0.6) is 17.2 Å². The van der Waals surface area contributed by atoms with Crippen molar-refractivity contribution in [3.63, 3.8) is 0 Å². The fourth-order valence-corrected chi connectivity index (χ4v) is 5.85. The first-order valence-corrected chi connectivity index (χ1v) is 15.7. The molecule has 0 saturated carbocycles. The van der Waals surface area contributed by atoms with Gasteiger partial charge in [0.05, 0.1) is 39.6 Å². The first-order chi connectivity index (χ1) is 21.6. The van der Waals surface area contributed by atoms with Gasteiger partial charge in [0.15, 0.2) is 0 Å². The van der Waals surface area contributed by atoms with Gasteiger partial charge in [0, 0.05) is 65.7 Å². The van der Waals surface area contributed by atoms with Gasteiger partial charge >= 0.3 is 0 Å². The summed E-state index contributed by atoms with van der Waals surface area (Å²) in [6.07, 6.45) is 0. The first-order valence-electron chi connectivity index (χ1n) is 15.7. The van der Waals surface area contributed by atoms with Gasteiger partial charge in [-0.15, -0.1) is 0 Å². The van der Waals surface area contributed by atoms with E-state index in [0.717, 1.165) is 27.8 Å². The molecule has 0 radical (unpaired) electrons. The third kappa shape index (κ3) is 7.80. The molecule has 0 atom stereocenters. The Hall–Kier alpha value is -3.18. The van der Waals surface area contributed by atoms with Gasteiger partial charge in [-0.3, -0.25) is 0 Å². The Morgan fingerprint density at radius 1 is 0.489 bits per heavy atom. The third-order valence-electron chi connectivity index (χ3n) is 8.50. The van der Waals surface area contributed by atoms with Gasteiger partial charge in [0.25, 0.3) is 0 Å². The van der Waals surface area contributed by atoms with Crippen molar-refractivity contribution in [3.05, 3.63) is 85.0 Å². The lowest BCUT2D eigenvalue weighted by molar-refractivity contribution is 0.125. The molecule has 0 unspecified atom stereocenters. The van der Waals surface area contributed by atoms with E-state index in [9.17, 15) is 25.5 Å². The number of ether oxygens (including phenoxy) is 4. The summed E-state index contributed by atoms with van der Waals surface area (Å²) in [4.78, 5) is 0. The van der Waals surface area contributed by atoms with Crippen molar-refractivity contribution in [2.24, 2.45) is 0 Å². The van der Waals surface area contributed by atoms with Gasteiger partial charge in [-0.25, -0.2) is 0 Å². The SMILES string of the molecule is CCOCc1cc(C(c2cc(CO)c(O)c(CO)c2C)c2cc(COCC)c(O)c(COCC)c2C)c(C)c(COCC)c1O. The van der Waals surface area contributed by atoms with Crippen LogP contribution in [0.25, 0.3) is 0 Å². The highest BCUT2D eigenvalue weighted by atomic mass is 16.5. The highest BCUT2D eigenvalue weighted by molar-refractivity contribution is 5.62. The minimum atomic E-state index is -0.524. The standard InChI is InChI=1S/C36H50O9/c1-8-42-17-25-13-28(22(6)31(35(25)40)19-44-10-3)33(27-12-24(15-37)34(39)30(16-38)21(27)5)29-14-26(18-43-9-2)36(41)32(23(29)7)20-45-11-4/h12-14,33,37-41H,8-11,15-20H2,1-7H3. The normalized spacial score (nSPS) is 11.6. The van der Waals surface area contributed by atoms with Crippen LogP contribution in [-0.2, 0) is 58.6 Å². The topological polar surface area (TPSA) is 138 Å². The number of aliphatic hydroxyl groups is 2. The Bertz CT molecular complexity index is 1370. The molecule has 3 aromatic rings. The second kappa shape index (κ2) is 16.9. The maximum atomic E-state index is 11.4. The van der Waals surface area contributed by atoms with Crippen LogP contribution in [0.1, 0.15) is 100 Å². The van der Waals surface area contributed by atoms with Crippen LogP contribution < -0.4 is 0 Å². The zero-order valence-corrected chi connectivity index (χ0v) is 27.7. The van der Waals surface area contributed by atoms with E-state index in [1.807, 2.05) is 60.6 Å². The molecule has 5 N–H and O–H groups in total. The number of aromatic hydroxyl groups is 3. The van der Waals surface area contributed by atoms with Crippen LogP contribution >= 0.6 is 0 Å². The molecule has 0 aliphatic heterocycles. The summed E-state index contributed by atoms with van der Waals surface area (Å²) in [6.45, 7) is 15.0. The third-order valence-corrected chi connectivity index (χ3v) is 8.50. The number of phenolic OH excluding ortho intramolecular Hbond substituents is 2. The summed E-state index contributed by atoms with van der Waals surface area (Å²) >= 11 is 0. The Balaban J connectivity index is 2.56. The minimum Gasteiger partial charge on any atom is -0.507 e. The number of hydrogen-bond acceptors (Lipinski definition) is 9. The van der Waals surface area contributed by atoms with E-state index in [-0.39, 0.29) is 49.2 Å². The van der Waals surface area contributed by atoms with Gasteiger partial charge in [-0.2, -0.15) is 0 Å². The number of benzene rings is 3. The quantitative estimate of drug-likeness (QED) is 0.114. The van der Waals surface area contributed by atoms with E-state index < -0.39 is 19.1 Å². The van der Waals surface area contributed by atoms with Crippen LogP contribution in [0.2, 0.25) is 0 Å². The van der Waals surface area contributed by atoms with E-state index in [1.54, 1.807) is 6.07 Å². The van der Waals surface area contributed by atoms with Gasteiger partial charge in [-0.05, 0) is 100 Å².